The quantitative estimate of drug-likeness (QED) is 0.855. The standard InChI is InChI=1S/C17H15F3N2O4S/c18-13-5-4-11(27(24,25)22-6-8-26-9-7-22)10-12(13)17(23)21-16-14(19)2-1-3-15(16)20/h1-5,10H,6-9H2,(H,21,23). The monoisotopic (exact) mass is 400 g/mol. The largest absolute Gasteiger partial charge is 0.379 e. The van der Waals surface area contributed by atoms with Crippen LogP contribution in [0.4, 0.5) is 18.9 Å². The van der Waals surface area contributed by atoms with Crippen LogP contribution in [0.3, 0.4) is 0 Å². The van der Waals surface area contributed by atoms with Crippen LogP contribution in [0.2, 0.25) is 0 Å². The van der Waals surface area contributed by atoms with E-state index >= 15 is 0 Å². The van der Waals surface area contributed by atoms with Gasteiger partial charge in [-0.15, -0.1) is 0 Å². The predicted octanol–water partition coefficient (Wildman–Crippen LogP) is 2.38. The summed E-state index contributed by atoms with van der Waals surface area (Å²) in [6.45, 7) is 0.698. The van der Waals surface area contributed by atoms with E-state index in [4.69, 9.17) is 4.74 Å². The summed E-state index contributed by atoms with van der Waals surface area (Å²) in [5.74, 6) is -4.28. The van der Waals surface area contributed by atoms with Crippen molar-refractivity contribution in [2.24, 2.45) is 0 Å². The van der Waals surface area contributed by atoms with Crippen molar-refractivity contribution in [3.8, 4) is 0 Å². The highest BCUT2D eigenvalue weighted by molar-refractivity contribution is 7.89. The van der Waals surface area contributed by atoms with Crippen molar-refractivity contribution in [3.63, 3.8) is 0 Å². The van der Waals surface area contributed by atoms with Gasteiger partial charge in [0.25, 0.3) is 5.91 Å². The van der Waals surface area contributed by atoms with E-state index in [1.807, 2.05) is 5.32 Å². The van der Waals surface area contributed by atoms with Crippen molar-refractivity contribution in [2.45, 2.75) is 4.90 Å². The van der Waals surface area contributed by atoms with Crippen molar-refractivity contribution in [1.29, 1.82) is 0 Å². The second kappa shape index (κ2) is 7.67. The molecule has 0 unspecified atom stereocenters. The molecule has 1 heterocycles. The summed E-state index contributed by atoms with van der Waals surface area (Å²) < 4.78 is 73.0. The van der Waals surface area contributed by atoms with Gasteiger partial charge in [0, 0.05) is 13.1 Å². The van der Waals surface area contributed by atoms with Gasteiger partial charge in [-0.25, -0.2) is 21.6 Å². The first-order valence-electron chi connectivity index (χ1n) is 7.93. The third-order valence-electron chi connectivity index (χ3n) is 3.99. The fourth-order valence-corrected chi connectivity index (χ4v) is 4.01. The van der Waals surface area contributed by atoms with Crippen LogP contribution in [-0.4, -0.2) is 44.9 Å². The second-order valence-corrected chi connectivity index (χ2v) is 7.65. The average molecular weight is 400 g/mol. The smallest absolute Gasteiger partial charge is 0.258 e. The number of anilines is 1. The molecule has 3 rings (SSSR count). The summed E-state index contributed by atoms with van der Waals surface area (Å²) in [5.41, 5.74) is -1.39. The fourth-order valence-electron chi connectivity index (χ4n) is 2.57. The Balaban J connectivity index is 1.92. The van der Waals surface area contributed by atoms with Crippen molar-refractivity contribution >= 4 is 21.6 Å². The molecule has 1 fully saturated rings. The number of ether oxygens (including phenoxy) is 1. The van der Waals surface area contributed by atoms with E-state index in [0.717, 1.165) is 40.7 Å². The molecule has 0 radical (unpaired) electrons. The Kier molecular flexibility index (Phi) is 5.49. The van der Waals surface area contributed by atoms with Gasteiger partial charge in [-0.2, -0.15) is 4.31 Å². The number of amides is 1. The highest BCUT2D eigenvalue weighted by atomic mass is 32.2. The number of nitrogens with zero attached hydrogens (tertiary/aromatic N) is 1. The predicted molar refractivity (Wildman–Crippen MR) is 90.3 cm³/mol. The number of carbonyl (C=O) groups is 1. The fraction of sp³-hybridized carbons (Fsp3) is 0.235. The molecule has 27 heavy (non-hydrogen) atoms. The minimum Gasteiger partial charge on any atom is -0.379 e. The Morgan fingerprint density at radius 2 is 1.63 bits per heavy atom. The molecule has 1 aliphatic rings. The van der Waals surface area contributed by atoms with Gasteiger partial charge < -0.3 is 10.1 Å². The maximum atomic E-state index is 14.1. The summed E-state index contributed by atoms with van der Waals surface area (Å²) in [6.07, 6.45) is 0. The molecule has 0 aromatic heterocycles. The lowest BCUT2D eigenvalue weighted by Gasteiger charge is -2.26. The Morgan fingerprint density at radius 1 is 1.00 bits per heavy atom. The molecule has 0 aliphatic carbocycles. The van der Waals surface area contributed by atoms with Gasteiger partial charge in [0.1, 0.15) is 23.1 Å². The van der Waals surface area contributed by atoms with Crippen LogP contribution in [0.25, 0.3) is 0 Å². The topological polar surface area (TPSA) is 75.7 Å². The van der Waals surface area contributed by atoms with Crippen molar-refractivity contribution in [2.75, 3.05) is 31.6 Å². The summed E-state index contributed by atoms with van der Waals surface area (Å²) in [7, 11) is -3.97. The molecule has 6 nitrogen and oxygen atoms in total. The van der Waals surface area contributed by atoms with Crippen molar-refractivity contribution in [3.05, 3.63) is 59.4 Å². The summed E-state index contributed by atoms with van der Waals surface area (Å²) in [4.78, 5) is 12.0. The summed E-state index contributed by atoms with van der Waals surface area (Å²) in [5, 5.41) is 1.94. The first-order chi connectivity index (χ1) is 12.8. The zero-order chi connectivity index (χ0) is 19.6. The van der Waals surface area contributed by atoms with Gasteiger partial charge in [0.15, 0.2) is 0 Å². The number of carbonyl (C=O) groups excluding carboxylic acids is 1. The third-order valence-corrected chi connectivity index (χ3v) is 5.89. The SMILES string of the molecule is O=C(Nc1c(F)cccc1F)c1cc(S(=O)(=O)N2CCOCC2)ccc1F. The molecule has 2 aromatic rings. The van der Waals surface area contributed by atoms with E-state index in [0.29, 0.717) is 0 Å². The number of hydrogen-bond acceptors (Lipinski definition) is 4. The van der Waals surface area contributed by atoms with Crippen LogP contribution in [-0.2, 0) is 14.8 Å². The summed E-state index contributed by atoms with van der Waals surface area (Å²) >= 11 is 0. The van der Waals surface area contributed by atoms with Gasteiger partial charge in [-0.05, 0) is 30.3 Å². The summed E-state index contributed by atoms with van der Waals surface area (Å²) in [6, 6.07) is 5.65. The number of sulfonamides is 1. The molecule has 1 N–H and O–H groups in total. The number of morpholine rings is 1. The van der Waals surface area contributed by atoms with E-state index in [2.05, 4.69) is 0 Å². The minimum atomic E-state index is -3.97. The van der Waals surface area contributed by atoms with Crippen LogP contribution in [0.15, 0.2) is 41.3 Å². The number of hydrogen-bond donors (Lipinski definition) is 1. The highest BCUT2D eigenvalue weighted by Crippen LogP contribution is 2.23. The Labute approximate surface area is 153 Å². The molecule has 1 aliphatic heterocycles. The molecular weight excluding hydrogens is 385 g/mol. The van der Waals surface area contributed by atoms with Crippen LogP contribution >= 0.6 is 0 Å². The zero-order valence-electron chi connectivity index (χ0n) is 13.9. The van der Waals surface area contributed by atoms with Crippen LogP contribution in [0.1, 0.15) is 10.4 Å². The zero-order valence-corrected chi connectivity index (χ0v) is 14.7. The number of benzene rings is 2. The highest BCUT2D eigenvalue weighted by Gasteiger charge is 2.28. The van der Waals surface area contributed by atoms with Crippen LogP contribution in [0.5, 0.6) is 0 Å². The molecule has 0 saturated carbocycles. The molecule has 0 bridgehead atoms. The number of nitrogens with one attached hydrogen (secondary N) is 1. The van der Waals surface area contributed by atoms with Crippen LogP contribution < -0.4 is 5.32 Å². The third kappa shape index (κ3) is 3.97. The molecular formula is C17H15F3N2O4S. The molecule has 1 saturated heterocycles. The van der Waals surface area contributed by atoms with Gasteiger partial charge >= 0.3 is 0 Å². The number of para-hydroxylation sites is 1. The normalized spacial score (nSPS) is 15.5. The van der Waals surface area contributed by atoms with Gasteiger partial charge in [0.05, 0.1) is 23.7 Å². The van der Waals surface area contributed by atoms with Crippen molar-refractivity contribution < 1.29 is 31.1 Å². The van der Waals surface area contributed by atoms with Crippen molar-refractivity contribution in [1.82, 2.24) is 4.31 Å². The first kappa shape index (κ1) is 19.3. The lowest BCUT2D eigenvalue weighted by molar-refractivity contribution is 0.0730. The van der Waals surface area contributed by atoms with E-state index in [9.17, 15) is 26.4 Å². The number of rotatable bonds is 4. The number of halogens is 3. The van der Waals surface area contributed by atoms with E-state index < -0.39 is 44.6 Å². The second-order valence-electron chi connectivity index (χ2n) is 5.71. The average Bonchev–Trinajstić information content (AvgIpc) is 2.65. The lowest BCUT2D eigenvalue weighted by atomic mass is 10.2. The Morgan fingerprint density at radius 3 is 2.26 bits per heavy atom. The Hall–Kier alpha value is -2.43. The van der Waals surface area contributed by atoms with E-state index in [1.54, 1.807) is 0 Å². The molecule has 2 aromatic carbocycles. The molecule has 144 valence electrons. The van der Waals surface area contributed by atoms with Gasteiger partial charge in [-0.1, -0.05) is 6.07 Å². The Bertz CT molecular complexity index is 956. The van der Waals surface area contributed by atoms with E-state index in [1.165, 1.54) is 0 Å². The maximum absolute atomic E-state index is 14.1. The maximum Gasteiger partial charge on any atom is 0.258 e. The molecule has 10 heteroatoms. The minimum absolute atomic E-state index is 0.127. The van der Waals surface area contributed by atoms with Gasteiger partial charge in [0.2, 0.25) is 10.0 Å². The van der Waals surface area contributed by atoms with Gasteiger partial charge in [-0.3, -0.25) is 4.79 Å². The van der Waals surface area contributed by atoms with Crippen LogP contribution in [0, 0.1) is 17.5 Å². The molecule has 1 amide bonds. The molecule has 0 spiro atoms. The lowest BCUT2D eigenvalue weighted by Crippen LogP contribution is -2.40. The van der Waals surface area contributed by atoms with E-state index in [-0.39, 0.29) is 31.2 Å². The molecule has 0 atom stereocenters. The first-order valence-corrected chi connectivity index (χ1v) is 9.37.